The van der Waals surface area contributed by atoms with Crippen LogP contribution >= 0.6 is 0 Å². The minimum Gasteiger partial charge on any atom is -0.387 e. The van der Waals surface area contributed by atoms with E-state index < -0.39 is 0 Å². The maximum absolute atomic E-state index is 10.7. The second-order valence-electron chi connectivity index (χ2n) is 6.26. The third-order valence-electron chi connectivity index (χ3n) is 4.28. The predicted octanol–water partition coefficient (Wildman–Crippen LogP) is 3.57. The number of hydrogen-bond donors (Lipinski definition) is 1. The fourth-order valence-electron chi connectivity index (χ4n) is 3.37. The van der Waals surface area contributed by atoms with Crippen molar-refractivity contribution < 1.29 is 5.11 Å². The molecule has 1 aromatic rings. The molecule has 0 radical (unpaired) electrons. The average molecular weight is 261 g/mol. The molecule has 106 valence electrons. The Morgan fingerprint density at radius 1 is 1.26 bits per heavy atom. The molecular formula is C17H27NO. The van der Waals surface area contributed by atoms with E-state index in [9.17, 15) is 5.11 Å². The van der Waals surface area contributed by atoms with Crippen LogP contribution in [0.3, 0.4) is 0 Å². The summed E-state index contributed by atoms with van der Waals surface area (Å²) in [5.41, 5.74) is 2.46. The van der Waals surface area contributed by atoms with Crippen molar-refractivity contribution in [2.75, 3.05) is 13.1 Å². The highest BCUT2D eigenvalue weighted by Crippen LogP contribution is 2.39. The second-order valence-corrected chi connectivity index (χ2v) is 6.26. The van der Waals surface area contributed by atoms with Crippen LogP contribution in [0.1, 0.15) is 57.3 Å². The summed E-state index contributed by atoms with van der Waals surface area (Å²) in [5, 5.41) is 10.7. The molecule has 0 saturated heterocycles. The van der Waals surface area contributed by atoms with Gasteiger partial charge in [-0.3, -0.25) is 4.90 Å². The normalized spacial score (nSPS) is 26.8. The molecule has 1 aromatic carbocycles. The SMILES string of the molecule is CCN(CC(C)C)C1CC(C)c2ccccc2C1O. The van der Waals surface area contributed by atoms with Crippen molar-refractivity contribution >= 4 is 0 Å². The Kier molecular flexibility index (Phi) is 4.64. The topological polar surface area (TPSA) is 23.5 Å². The van der Waals surface area contributed by atoms with E-state index >= 15 is 0 Å². The number of rotatable bonds is 4. The molecule has 0 aliphatic heterocycles. The molecule has 0 saturated carbocycles. The van der Waals surface area contributed by atoms with Crippen LogP contribution in [-0.2, 0) is 0 Å². The number of aliphatic hydroxyl groups is 1. The quantitative estimate of drug-likeness (QED) is 0.895. The van der Waals surface area contributed by atoms with E-state index in [1.807, 2.05) is 6.07 Å². The van der Waals surface area contributed by atoms with E-state index in [2.05, 4.69) is 50.8 Å². The number of nitrogens with zero attached hydrogens (tertiary/aromatic N) is 1. The minimum atomic E-state index is -0.342. The van der Waals surface area contributed by atoms with Crippen molar-refractivity contribution in [1.82, 2.24) is 4.90 Å². The van der Waals surface area contributed by atoms with E-state index in [-0.39, 0.29) is 12.1 Å². The number of fused-ring (bicyclic) bond motifs is 1. The summed E-state index contributed by atoms with van der Waals surface area (Å²) in [4.78, 5) is 2.45. The van der Waals surface area contributed by atoms with Gasteiger partial charge in [0.1, 0.15) is 0 Å². The van der Waals surface area contributed by atoms with E-state index in [0.29, 0.717) is 11.8 Å². The van der Waals surface area contributed by atoms with E-state index in [1.54, 1.807) is 0 Å². The number of hydrogen-bond acceptors (Lipinski definition) is 2. The van der Waals surface area contributed by atoms with Crippen molar-refractivity contribution in [3.05, 3.63) is 35.4 Å². The molecule has 0 bridgehead atoms. The first kappa shape index (κ1) is 14.5. The second kappa shape index (κ2) is 6.06. The summed E-state index contributed by atoms with van der Waals surface area (Å²) in [6.07, 6.45) is 0.713. The molecule has 1 aliphatic rings. The zero-order valence-corrected chi connectivity index (χ0v) is 12.6. The molecule has 1 N–H and O–H groups in total. The third-order valence-corrected chi connectivity index (χ3v) is 4.28. The molecule has 1 aliphatic carbocycles. The zero-order valence-electron chi connectivity index (χ0n) is 12.6. The van der Waals surface area contributed by atoms with Crippen molar-refractivity contribution in [1.29, 1.82) is 0 Å². The molecule has 0 spiro atoms. The average Bonchev–Trinajstić information content (AvgIpc) is 2.40. The lowest BCUT2D eigenvalue weighted by Gasteiger charge is -2.41. The molecule has 2 rings (SSSR count). The highest BCUT2D eigenvalue weighted by molar-refractivity contribution is 5.35. The number of benzene rings is 1. The van der Waals surface area contributed by atoms with E-state index in [0.717, 1.165) is 25.1 Å². The molecule has 2 heteroatoms. The highest BCUT2D eigenvalue weighted by Gasteiger charge is 2.34. The summed E-state index contributed by atoms with van der Waals surface area (Å²) in [6.45, 7) is 11.0. The number of likely N-dealkylation sites (N-methyl/N-ethyl adjacent to an activating group) is 1. The Labute approximate surface area is 117 Å². The lowest BCUT2D eigenvalue weighted by molar-refractivity contribution is 0.0280. The van der Waals surface area contributed by atoms with Gasteiger partial charge in [0, 0.05) is 12.6 Å². The van der Waals surface area contributed by atoms with Crippen LogP contribution in [-0.4, -0.2) is 29.1 Å². The van der Waals surface area contributed by atoms with Crippen LogP contribution in [0.4, 0.5) is 0 Å². The minimum absolute atomic E-state index is 0.261. The van der Waals surface area contributed by atoms with Crippen molar-refractivity contribution in [2.45, 2.75) is 52.2 Å². The fourth-order valence-corrected chi connectivity index (χ4v) is 3.37. The Morgan fingerprint density at radius 2 is 1.89 bits per heavy atom. The van der Waals surface area contributed by atoms with Gasteiger partial charge in [-0.05, 0) is 35.9 Å². The largest absolute Gasteiger partial charge is 0.387 e. The first-order chi connectivity index (χ1) is 9.04. The third kappa shape index (κ3) is 3.01. The molecule has 2 nitrogen and oxygen atoms in total. The summed E-state index contributed by atoms with van der Waals surface area (Å²) >= 11 is 0. The first-order valence-electron chi connectivity index (χ1n) is 7.55. The molecule has 3 atom stereocenters. The van der Waals surface area contributed by atoms with Crippen LogP contribution in [0.15, 0.2) is 24.3 Å². The summed E-state index contributed by atoms with van der Waals surface area (Å²) < 4.78 is 0. The van der Waals surface area contributed by atoms with Gasteiger partial charge >= 0.3 is 0 Å². The highest BCUT2D eigenvalue weighted by atomic mass is 16.3. The van der Waals surface area contributed by atoms with Gasteiger partial charge < -0.3 is 5.11 Å². The molecular weight excluding hydrogens is 234 g/mol. The standard InChI is InChI=1S/C17H27NO/c1-5-18(11-12(2)3)16-10-13(4)14-8-6-7-9-15(14)17(16)19/h6-9,12-13,16-17,19H,5,10-11H2,1-4H3. The van der Waals surface area contributed by atoms with Gasteiger partial charge in [0.25, 0.3) is 0 Å². The van der Waals surface area contributed by atoms with Crippen LogP contribution < -0.4 is 0 Å². The Bertz CT molecular complexity index is 415. The molecule has 0 aromatic heterocycles. The van der Waals surface area contributed by atoms with Gasteiger partial charge in [-0.25, -0.2) is 0 Å². The fraction of sp³-hybridized carbons (Fsp3) is 0.647. The summed E-state index contributed by atoms with van der Waals surface area (Å²) in [5.74, 6) is 1.17. The maximum atomic E-state index is 10.7. The summed E-state index contributed by atoms with van der Waals surface area (Å²) in [6, 6.07) is 8.63. The van der Waals surface area contributed by atoms with Gasteiger partial charge in [-0.15, -0.1) is 0 Å². The van der Waals surface area contributed by atoms with Crippen molar-refractivity contribution in [3.63, 3.8) is 0 Å². The van der Waals surface area contributed by atoms with Crippen LogP contribution in [0.25, 0.3) is 0 Å². The van der Waals surface area contributed by atoms with Crippen molar-refractivity contribution in [3.8, 4) is 0 Å². The van der Waals surface area contributed by atoms with Gasteiger partial charge in [-0.2, -0.15) is 0 Å². The van der Waals surface area contributed by atoms with Crippen LogP contribution in [0.2, 0.25) is 0 Å². The van der Waals surface area contributed by atoms with Crippen LogP contribution in [0, 0.1) is 5.92 Å². The zero-order chi connectivity index (χ0) is 14.0. The Hall–Kier alpha value is -0.860. The molecule has 3 unspecified atom stereocenters. The monoisotopic (exact) mass is 261 g/mol. The molecule has 0 fully saturated rings. The Morgan fingerprint density at radius 3 is 2.47 bits per heavy atom. The van der Waals surface area contributed by atoms with E-state index in [1.165, 1.54) is 5.56 Å². The van der Waals surface area contributed by atoms with Gasteiger partial charge in [0.15, 0.2) is 0 Å². The van der Waals surface area contributed by atoms with Gasteiger partial charge in [-0.1, -0.05) is 52.0 Å². The molecule has 0 amide bonds. The smallest absolute Gasteiger partial charge is 0.0948 e. The van der Waals surface area contributed by atoms with Gasteiger partial charge in [0.2, 0.25) is 0 Å². The lowest BCUT2D eigenvalue weighted by Crippen LogP contribution is -2.44. The van der Waals surface area contributed by atoms with Crippen molar-refractivity contribution in [2.24, 2.45) is 5.92 Å². The molecule has 19 heavy (non-hydrogen) atoms. The maximum Gasteiger partial charge on any atom is 0.0948 e. The number of aliphatic hydroxyl groups excluding tert-OH is 1. The van der Waals surface area contributed by atoms with E-state index in [4.69, 9.17) is 0 Å². The lowest BCUT2D eigenvalue weighted by atomic mass is 9.78. The molecule has 0 heterocycles. The Balaban J connectivity index is 2.25. The predicted molar refractivity (Wildman–Crippen MR) is 80.3 cm³/mol. The first-order valence-corrected chi connectivity index (χ1v) is 7.55. The summed E-state index contributed by atoms with van der Waals surface area (Å²) in [7, 11) is 0. The van der Waals surface area contributed by atoms with Crippen LogP contribution in [0.5, 0.6) is 0 Å². The van der Waals surface area contributed by atoms with Gasteiger partial charge in [0.05, 0.1) is 6.10 Å².